The molecule has 0 unspecified atom stereocenters. The van der Waals surface area contributed by atoms with Crippen molar-refractivity contribution < 1.29 is 9.18 Å². The summed E-state index contributed by atoms with van der Waals surface area (Å²) in [5, 5.41) is 9.20. The molecule has 7 heteroatoms. The summed E-state index contributed by atoms with van der Waals surface area (Å²) in [6.45, 7) is 6.80. The molecule has 1 aromatic rings. The van der Waals surface area contributed by atoms with Gasteiger partial charge in [-0.3, -0.25) is 9.79 Å². The molecular weight excluding hydrogens is 339 g/mol. The molecule has 0 saturated heterocycles. The number of nitrogens with one attached hydrogen (secondary N) is 3. The van der Waals surface area contributed by atoms with Crippen molar-refractivity contribution in [3.05, 3.63) is 30.1 Å². The van der Waals surface area contributed by atoms with E-state index in [2.05, 4.69) is 20.9 Å². The zero-order valence-corrected chi connectivity index (χ0v) is 15.9. The number of amides is 1. The van der Waals surface area contributed by atoms with Crippen molar-refractivity contribution in [3.8, 4) is 0 Å². The number of hydrogen-bond donors (Lipinski definition) is 3. The highest BCUT2D eigenvalue weighted by Gasteiger charge is 2.02. The molecule has 0 spiro atoms. The molecule has 0 aliphatic heterocycles. The Morgan fingerprint density at radius 1 is 1.12 bits per heavy atom. The van der Waals surface area contributed by atoms with E-state index in [9.17, 15) is 9.18 Å². The lowest BCUT2D eigenvalue weighted by Gasteiger charge is -2.11. The first kappa shape index (κ1) is 21.3. The van der Waals surface area contributed by atoms with Crippen LogP contribution in [0.2, 0.25) is 0 Å². The summed E-state index contributed by atoms with van der Waals surface area (Å²) in [6, 6.07) is 6.53. The topological polar surface area (TPSA) is 65.5 Å². The Balaban J connectivity index is 2.22. The van der Waals surface area contributed by atoms with Gasteiger partial charge in [-0.2, -0.15) is 0 Å². The molecule has 0 aliphatic rings. The van der Waals surface area contributed by atoms with Gasteiger partial charge >= 0.3 is 0 Å². The average Bonchev–Trinajstić information content (AvgIpc) is 2.61. The Morgan fingerprint density at radius 3 is 2.56 bits per heavy atom. The van der Waals surface area contributed by atoms with Crippen molar-refractivity contribution in [3.63, 3.8) is 0 Å². The minimum atomic E-state index is -0.210. The number of aliphatic imine (C=N–C) groups is 1. The standard InChI is InChI=1S/C18H29FN4OS/c1-3-11-21-17(24)10-13-23-18(20-4-2)22-12-5-14-25-16-8-6-15(19)7-9-16/h6-9H,3-5,10-14H2,1-2H3,(H,21,24)(H2,20,22,23). The van der Waals surface area contributed by atoms with Gasteiger partial charge in [-0.15, -0.1) is 11.8 Å². The van der Waals surface area contributed by atoms with Crippen LogP contribution in [0.3, 0.4) is 0 Å². The first-order chi connectivity index (χ1) is 12.2. The fourth-order valence-electron chi connectivity index (χ4n) is 1.97. The molecule has 140 valence electrons. The SMILES string of the molecule is CCCNC(=O)CCNC(=NCCCSc1ccc(F)cc1)NCC. The van der Waals surface area contributed by atoms with Gasteiger partial charge in [0, 0.05) is 37.5 Å². The van der Waals surface area contributed by atoms with Crippen LogP contribution in [-0.4, -0.2) is 43.8 Å². The van der Waals surface area contributed by atoms with E-state index in [-0.39, 0.29) is 11.7 Å². The van der Waals surface area contributed by atoms with Gasteiger partial charge in [0.1, 0.15) is 5.82 Å². The monoisotopic (exact) mass is 368 g/mol. The molecule has 0 aromatic heterocycles. The molecule has 0 saturated carbocycles. The molecule has 1 rings (SSSR count). The van der Waals surface area contributed by atoms with Gasteiger partial charge in [0.25, 0.3) is 0 Å². The fourth-order valence-corrected chi connectivity index (χ4v) is 2.80. The first-order valence-electron chi connectivity index (χ1n) is 8.83. The summed E-state index contributed by atoms with van der Waals surface area (Å²) >= 11 is 1.69. The maximum absolute atomic E-state index is 12.8. The molecule has 0 bridgehead atoms. The Bertz CT molecular complexity index is 522. The summed E-state index contributed by atoms with van der Waals surface area (Å²) in [5.41, 5.74) is 0. The van der Waals surface area contributed by atoms with Crippen molar-refractivity contribution in [2.75, 3.05) is 31.9 Å². The number of hydrogen-bond acceptors (Lipinski definition) is 3. The van der Waals surface area contributed by atoms with Crippen LogP contribution in [0.25, 0.3) is 0 Å². The Labute approximate surface area is 154 Å². The van der Waals surface area contributed by atoms with Gasteiger partial charge < -0.3 is 16.0 Å². The van der Waals surface area contributed by atoms with Gasteiger partial charge in [0.05, 0.1) is 0 Å². The Kier molecular flexibility index (Phi) is 11.5. The van der Waals surface area contributed by atoms with Crippen molar-refractivity contribution >= 4 is 23.6 Å². The quantitative estimate of drug-likeness (QED) is 0.243. The molecule has 3 N–H and O–H groups in total. The number of nitrogens with zero attached hydrogens (tertiary/aromatic N) is 1. The maximum Gasteiger partial charge on any atom is 0.221 e. The first-order valence-corrected chi connectivity index (χ1v) is 9.81. The molecule has 5 nitrogen and oxygen atoms in total. The largest absolute Gasteiger partial charge is 0.357 e. The van der Waals surface area contributed by atoms with E-state index in [0.29, 0.717) is 19.5 Å². The zero-order chi connectivity index (χ0) is 18.3. The molecule has 1 amide bonds. The number of rotatable bonds is 11. The number of carbonyl (C=O) groups excluding carboxylic acids is 1. The van der Waals surface area contributed by atoms with Crippen LogP contribution >= 0.6 is 11.8 Å². The second-order valence-electron chi connectivity index (χ2n) is 5.44. The smallest absolute Gasteiger partial charge is 0.221 e. The minimum absolute atomic E-state index is 0.0564. The van der Waals surface area contributed by atoms with E-state index in [1.54, 1.807) is 23.9 Å². The number of thioether (sulfide) groups is 1. The summed E-state index contributed by atoms with van der Waals surface area (Å²) in [5.74, 6) is 1.51. The van der Waals surface area contributed by atoms with E-state index in [0.717, 1.165) is 42.5 Å². The third-order valence-electron chi connectivity index (χ3n) is 3.22. The van der Waals surface area contributed by atoms with E-state index < -0.39 is 0 Å². The highest BCUT2D eigenvalue weighted by Crippen LogP contribution is 2.18. The summed E-state index contributed by atoms with van der Waals surface area (Å²) in [7, 11) is 0. The second-order valence-corrected chi connectivity index (χ2v) is 6.61. The Morgan fingerprint density at radius 2 is 1.88 bits per heavy atom. The van der Waals surface area contributed by atoms with E-state index >= 15 is 0 Å². The number of halogens is 1. The van der Waals surface area contributed by atoms with Gasteiger partial charge in [-0.25, -0.2) is 4.39 Å². The predicted octanol–water partition coefficient (Wildman–Crippen LogP) is 2.78. The van der Waals surface area contributed by atoms with Crippen molar-refractivity contribution in [2.24, 2.45) is 4.99 Å². The van der Waals surface area contributed by atoms with Crippen LogP contribution in [-0.2, 0) is 4.79 Å². The van der Waals surface area contributed by atoms with Crippen LogP contribution in [0.4, 0.5) is 4.39 Å². The molecule has 0 heterocycles. The lowest BCUT2D eigenvalue weighted by atomic mass is 10.4. The van der Waals surface area contributed by atoms with Gasteiger partial charge in [-0.1, -0.05) is 6.92 Å². The van der Waals surface area contributed by atoms with Crippen LogP contribution in [0.1, 0.15) is 33.1 Å². The van der Waals surface area contributed by atoms with E-state index in [1.165, 1.54) is 12.1 Å². The zero-order valence-electron chi connectivity index (χ0n) is 15.1. The van der Waals surface area contributed by atoms with Gasteiger partial charge in [-0.05, 0) is 49.8 Å². The summed E-state index contributed by atoms with van der Waals surface area (Å²) in [4.78, 5) is 17.1. The molecule has 1 aromatic carbocycles. The normalized spacial score (nSPS) is 11.2. The highest BCUT2D eigenvalue weighted by atomic mass is 32.2. The van der Waals surface area contributed by atoms with E-state index in [4.69, 9.17) is 0 Å². The van der Waals surface area contributed by atoms with Gasteiger partial charge in [0.2, 0.25) is 5.91 Å². The summed E-state index contributed by atoms with van der Waals surface area (Å²) < 4.78 is 12.8. The molecule has 0 fully saturated rings. The minimum Gasteiger partial charge on any atom is -0.357 e. The number of guanidine groups is 1. The fraction of sp³-hybridized carbons (Fsp3) is 0.556. The predicted molar refractivity (Wildman–Crippen MR) is 104 cm³/mol. The highest BCUT2D eigenvalue weighted by molar-refractivity contribution is 7.99. The van der Waals surface area contributed by atoms with Crippen LogP contribution < -0.4 is 16.0 Å². The molecular formula is C18H29FN4OS. The average molecular weight is 369 g/mol. The summed E-state index contributed by atoms with van der Waals surface area (Å²) in [6.07, 6.45) is 2.31. The third-order valence-corrected chi connectivity index (χ3v) is 4.31. The Hall–Kier alpha value is -1.76. The third kappa shape index (κ3) is 10.7. The number of carbonyl (C=O) groups is 1. The van der Waals surface area contributed by atoms with E-state index in [1.807, 2.05) is 13.8 Å². The second kappa shape index (κ2) is 13.5. The van der Waals surface area contributed by atoms with Crippen molar-refractivity contribution in [1.82, 2.24) is 16.0 Å². The molecule has 25 heavy (non-hydrogen) atoms. The number of benzene rings is 1. The van der Waals surface area contributed by atoms with Crippen molar-refractivity contribution in [2.45, 2.75) is 38.0 Å². The molecule has 0 aliphatic carbocycles. The lowest BCUT2D eigenvalue weighted by molar-refractivity contribution is -0.120. The maximum atomic E-state index is 12.8. The van der Waals surface area contributed by atoms with Crippen LogP contribution in [0.5, 0.6) is 0 Å². The molecule has 0 radical (unpaired) electrons. The van der Waals surface area contributed by atoms with Crippen LogP contribution in [0, 0.1) is 5.82 Å². The van der Waals surface area contributed by atoms with Gasteiger partial charge in [0.15, 0.2) is 5.96 Å². The van der Waals surface area contributed by atoms with Crippen LogP contribution in [0.15, 0.2) is 34.2 Å². The molecule has 0 atom stereocenters. The lowest BCUT2D eigenvalue weighted by Crippen LogP contribution is -2.39. The van der Waals surface area contributed by atoms with Crippen molar-refractivity contribution in [1.29, 1.82) is 0 Å².